The number of carbonyl (C=O) groups excluding carboxylic acids is 3. The van der Waals surface area contributed by atoms with Gasteiger partial charge in [0.25, 0.3) is 5.91 Å². The van der Waals surface area contributed by atoms with Gasteiger partial charge in [-0.05, 0) is 19.3 Å². The van der Waals surface area contributed by atoms with E-state index in [1.54, 1.807) is 20.8 Å². The lowest BCUT2D eigenvalue weighted by molar-refractivity contribution is -0.152. The summed E-state index contributed by atoms with van der Waals surface area (Å²) in [6.07, 6.45) is 2.33. The molecule has 1 aliphatic rings. The average Bonchev–Trinajstić information content (AvgIpc) is 2.25. The van der Waals surface area contributed by atoms with Crippen LogP contribution in [0.25, 0.3) is 0 Å². The normalized spacial score (nSPS) is 21.2. The minimum Gasteiger partial charge on any atom is -0.325 e. The fourth-order valence-electron chi connectivity index (χ4n) is 1.88. The second kappa shape index (κ2) is 5.21. The van der Waals surface area contributed by atoms with E-state index in [4.69, 9.17) is 0 Å². The van der Waals surface area contributed by atoms with E-state index in [2.05, 4.69) is 12.6 Å². The minimum absolute atomic E-state index is 0.334. The Morgan fingerprint density at radius 1 is 1.18 bits per heavy atom. The molecule has 0 aromatic heterocycles. The van der Waals surface area contributed by atoms with Crippen molar-refractivity contribution in [3.8, 4) is 0 Å². The monoisotopic (exact) mass is 257 g/mol. The molecule has 1 saturated heterocycles. The number of Topliss-reactive ketones (excluding diaryl/α,β-unsaturated/α-hetero) is 1. The lowest BCUT2D eigenvalue weighted by Crippen LogP contribution is -2.51. The number of hydrogen-bond acceptors (Lipinski definition) is 3. The number of carbonyl (C=O) groups is 3. The van der Waals surface area contributed by atoms with Gasteiger partial charge < -0.3 is 4.90 Å². The van der Waals surface area contributed by atoms with Crippen LogP contribution >= 0.6 is 12.6 Å². The van der Waals surface area contributed by atoms with Crippen LogP contribution in [0.4, 0.5) is 0 Å². The third-order valence-corrected chi connectivity index (χ3v) is 3.22. The van der Waals surface area contributed by atoms with E-state index in [0.29, 0.717) is 13.0 Å². The van der Waals surface area contributed by atoms with Gasteiger partial charge in [0.2, 0.25) is 10.9 Å². The molecule has 1 aliphatic heterocycles. The summed E-state index contributed by atoms with van der Waals surface area (Å²) >= 11 is 3.79. The number of rotatable bonds is 2. The lowest BCUT2D eigenvalue weighted by Gasteiger charge is -2.34. The molecular formula is C12H19NO3S. The van der Waals surface area contributed by atoms with E-state index in [1.807, 2.05) is 0 Å². The van der Waals surface area contributed by atoms with Crippen LogP contribution in [-0.2, 0) is 14.4 Å². The molecule has 4 nitrogen and oxygen atoms in total. The summed E-state index contributed by atoms with van der Waals surface area (Å²) in [6, 6.07) is -0.536. The van der Waals surface area contributed by atoms with Crippen LogP contribution in [0, 0.1) is 5.41 Å². The van der Waals surface area contributed by atoms with Gasteiger partial charge in [-0.2, -0.15) is 0 Å². The molecular weight excluding hydrogens is 238 g/mol. The standard InChI is InChI=1S/C12H19NO3S/c1-12(2,3)9(14)10(15)13-7-5-4-6-8(13)11(16)17/h8H,4-7H2,1-3H3,(H,16,17). The highest BCUT2D eigenvalue weighted by atomic mass is 32.1. The third kappa shape index (κ3) is 3.31. The van der Waals surface area contributed by atoms with Crippen molar-refractivity contribution in [1.82, 2.24) is 4.90 Å². The molecule has 1 amide bonds. The Bertz CT molecular complexity index is 346. The Morgan fingerprint density at radius 2 is 1.76 bits per heavy atom. The highest BCUT2D eigenvalue weighted by Crippen LogP contribution is 2.23. The maximum absolute atomic E-state index is 12.0. The van der Waals surface area contributed by atoms with Crippen molar-refractivity contribution in [2.75, 3.05) is 6.54 Å². The first kappa shape index (κ1) is 14.2. The molecule has 0 N–H and O–H groups in total. The predicted octanol–water partition coefficient (Wildman–Crippen LogP) is 1.44. The van der Waals surface area contributed by atoms with Crippen LogP contribution in [0.1, 0.15) is 40.0 Å². The third-order valence-electron chi connectivity index (χ3n) is 2.92. The summed E-state index contributed by atoms with van der Waals surface area (Å²) in [5.74, 6) is -0.997. The van der Waals surface area contributed by atoms with Gasteiger partial charge in [0.05, 0.1) is 0 Å². The van der Waals surface area contributed by atoms with Crippen molar-refractivity contribution >= 4 is 29.4 Å². The number of nitrogens with zero attached hydrogens (tertiary/aromatic N) is 1. The first-order valence-electron chi connectivity index (χ1n) is 5.83. The molecule has 0 saturated carbocycles. The number of amides is 1. The highest BCUT2D eigenvalue weighted by molar-refractivity contribution is 7.96. The Kier molecular flexibility index (Phi) is 4.36. The van der Waals surface area contributed by atoms with Crippen LogP contribution in [0.15, 0.2) is 0 Å². The summed E-state index contributed by atoms with van der Waals surface area (Å²) in [4.78, 5) is 36.7. The molecule has 0 aromatic carbocycles. The van der Waals surface area contributed by atoms with Crippen molar-refractivity contribution in [2.24, 2.45) is 5.41 Å². The van der Waals surface area contributed by atoms with Crippen molar-refractivity contribution in [3.05, 3.63) is 0 Å². The van der Waals surface area contributed by atoms with Gasteiger partial charge in [0.1, 0.15) is 6.04 Å². The van der Waals surface area contributed by atoms with Gasteiger partial charge in [-0.25, -0.2) is 0 Å². The summed E-state index contributed by atoms with van der Waals surface area (Å²) < 4.78 is 0. The zero-order valence-corrected chi connectivity index (χ0v) is 11.4. The van der Waals surface area contributed by atoms with Gasteiger partial charge in [-0.3, -0.25) is 14.4 Å². The topological polar surface area (TPSA) is 54.5 Å². The molecule has 1 fully saturated rings. The van der Waals surface area contributed by atoms with Crippen LogP contribution in [0.3, 0.4) is 0 Å². The maximum atomic E-state index is 12.0. The van der Waals surface area contributed by atoms with Gasteiger partial charge in [0.15, 0.2) is 0 Å². The molecule has 1 unspecified atom stereocenters. The van der Waals surface area contributed by atoms with E-state index in [9.17, 15) is 14.4 Å². The van der Waals surface area contributed by atoms with Crippen LogP contribution in [0.2, 0.25) is 0 Å². The summed E-state index contributed by atoms with van der Waals surface area (Å²) in [5.41, 5.74) is -0.710. The van der Waals surface area contributed by atoms with E-state index in [0.717, 1.165) is 12.8 Å². The molecule has 1 heterocycles. The van der Waals surface area contributed by atoms with Gasteiger partial charge in [-0.1, -0.05) is 20.8 Å². The number of piperidine rings is 1. The number of ketones is 1. The Balaban J connectivity index is 2.86. The lowest BCUT2D eigenvalue weighted by atomic mass is 9.89. The van der Waals surface area contributed by atoms with Crippen LogP contribution in [0.5, 0.6) is 0 Å². The quantitative estimate of drug-likeness (QED) is 0.601. The zero-order chi connectivity index (χ0) is 13.2. The summed E-state index contributed by atoms with van der Waals surface area (Å²) in [7, 11) is 0. The van der Waals surface area contributed by atoms with E-state index >= 15 is 0 Å². The van der Waals surface area contributed by atoms with Crippen LogP contribution < -0.4 is 0 Å². The second-order valence-electron chi connectivity index (χ2n) is 5.43. The summed E-state index contributed by atoms with van der Waals surface area (Å²) in [6.45, 7) is 5.58. The molecule has 17 heavy (non-hydrogen) atoms. The fourth-order valence-corrected chi connectivity index (χ4v) is 2.15. The average molecular weight is 257 g/mol. The molecule has 5 heteroatoms. The van der Waals surface area contributed by atoms with E-state index < -0.39 is 23.1 Å². The van der Waals surface area contributed by atoms with E-state index in [-0.39, 0.29) is 5.12 Å². The number of thiol groups is 1. The van der Waals surface area contributed by atoms with Crippen LogP contribution in [-0.4, -0.2) is 34.3 Å². The Labute approximate surface area is 107 Å². The van der Waals surface area contributed by atoms with Gasteiger partial charge in [0, 0.05) is 12.0 Å². The SMILES string of the molecule is CC(C)(C)C(=O)C(=O)N1CCCCC1C(=O)S. The van der Waals surface area contributed by atoms with Gasteiger partial charge in [-0.15, -0.1) is 12.6 Å². The summed E-state index contributed by atoms with van der Waals surface area (Å²) in [5, 5.41) is -0.334. The minimum atomic E-state index is -0.710. The zero-order valence-electron chi connectivity index (χ0n) is 10.5. The van der Waals surface area contributed by atoms with Crippen molar-refractivity contribution in [2.45, 2.75) is 46.1 Å². The molecule has 0 spiro atoms. The largest absolute Gasteiger partial charge is 0.325 e. The molecule has 0 bridgehead atoms. The molecule has 1 rings (SSSR count). The second-order valence-corrected chi connectivity index (χ2v) is 5.87. The maximum Gasteiger partial charge on any atom is 0.291 e. The molecule has 0 aromatic rings. The van der Waals surface area contributed by atoms with Gasteiger partial charge >= 0.3 is 0 Å². The molecule has 1 atom stereocenters. The smallest absolute Gasteiger partial charge is 0.291 e. The van der Waals surface area contributed by atoms with Crippen molar-refractivity contribution in [1.29, 1.82) is 0 Å². The Hall–Kier alpha value is -0.840. The molecule has 0 aliphatic carbocycles. The number of likely N-dealkylation sites (tertiary alicyclic amines) is 1. The molecule has 96 valence electrons. The first-order chi connectivity index (χ1) is 7.75. The molecule has 0 radical (unpaired) electrons. The van der Waals surface area contributed by atoms with Crippen molar-refractivity contribution < 1.29 is 14.4 Å². The van der Waals surface area contributed by atoms with Crippen molar-refractivity contribution in [3.63, 3.8) is 0 Å². The highest BCUT2D eigenvalue weighted by Gasteiger charge is 2.37. The fraction of sp³-hybridized carbons (Fsp3) is 0.750. The Morgan fingerprint density at radius 3 is 2.24 bits per heavy atom. The number of hydrogen-bond donors (Lipinski definition) is 1. The predicted molar refractivity (Wildman–Crippen MR) is 67.8 cm³/mol. The van der Waals surface area contributed by atoms with E-state index in [1.165, 1.54) is 4.90 Å². The first-order valence-corrected chi connectivity index (χ1v) is 6.28.